The van der Waals surface area contributed by atoms with Crippen LogP contribution in [0.2, 0.25) is 0 Å². The lowest BCUT2D eigenvalue weighted by atomic mass is 10.4. The van der Waals surface area contributed by atoms with Gasteiger partial charge in [0.25, 0.3) is 11.8 Å². The van der Waals surface area contributed by atoms with E-state index in [1.807, 2.05) is 0 Å². The molecule has 0 bridgehead atoms. The summed E-state index contributed by atoms with van der Waals surface area (Å²) in [7, 11) is -7.88. The van der Waals surface area contributed by atoms with Crippen LogP contribution in [0.4, 0.5) is 0 Å². The number of hydrogen-bond donors (Lipinski definition) is 2. The summed E-state index contributed by atoms with van der Waals surface area (Å²) >= 11 is 0. The van der Waals surface area contributed by atoms with E-state index < -0.39 is 52.8 Å². The maximum absolute atomic E-state index is 11.6. The summed E-state index contributed by atoms with van der Waals surface area (Å²) < 4.78 is 46.3. The van der Waals surface area contributed by atoms with Gasteiger partial charge in [0.15, 0.2) is 19.7 Å². The zero-order valence-corrected chi connectivity index (χ0v) is 12.6. The lowest BCUT2D eigenvalue weighted by Crippen LogP contribution is -2.24. The highest BCUT2D eigenvalue weighted by molar-refractivity contribution is 7.96. The molecule has 0 spiro atoms. The molecule has 8 nitrogen and oxygen atoms in total. The van der Waals surface area contributed by atoms with Gasteiger partial charge in [0.1, 0.15) is 9.81 Å². The highest BCUT2D eigenvalue weighted by Gasteiger charge is 2.23. The van der Waals surface area contributed by atoms with E-state index in [4.69, 9.17) is 11.5 Å². The molecule has 0 fully saturated rings. The normalized spacial score (nSPS) is 14.1. The van der Waals surface area contributed by atoms with Gasteiger partial charge < -0.3 is 11.5 Å². The van der Waals surface area contributed by atoms with Crippen LogP contribution in [0.1, 0.15) is 13.8 Å². The second-order valence-electron chi connectivity index (χ2n) is 3.60. The molecule has 0 unspecified atom stereocenters. The lowest BCUT2D eigenvalue weighted by Gasteiger charge is -2.04. The minimum Gasteiger partial charge on any atom is -0.365 e. The summed E-state index contributed by atoms with van der Waals surface area (Å²) in [5.74, 6) is -3.30. The van der Waals surface area contributed by atoms with Crippen molar-refractivity contribution in [1.82, 2.24) is 0 Å². The van der Waals surface area contributed by atoms with Crippen molar-refractivity contribution >= 4 is 31.5 Å². The third-order valence-electron chi connectivity index (χ3n) is 2.30. The molecule has 0 heterocycles. The van der Waals surface area contributed by atoms with Gasteiger partial charge in [-0.3, -0.25) is 9.59 Å². The Balaban J connectivity index is 6.10. The zero-order chi connectivity index (χ0) is 16.1. The van der Waals surface area contributed by atoms with Crippen molar-refractivity contribution in [2.75, 3.05) is 11.5 Å². The van der Waals surface area contributed by atoms with E-state index in [1.54, 1.807) is 0 Å². The van der Waals surface area contributed by atoms with E-state index in [0.29, 0.717) is 12.2 Å². The van der Waals surface area contributed by atoms with Crippen LogP contribution in [0.25, 0.3) is 0 Å². The molecule has 0 aromatic carbocycles. The molecular weight excluding hydrogens is 308 g/mol. The predicted octanol–water partition coefficient (Wildman–Crippen LogP) is -1.41. The molecule has 0 aliphatic carbocycles. The van der Waals surface area contributed by atoms with Crippen molar-refractivity contribution in [3.63, 3.8) is 0 Å². The Labute approximate surface area is 117 Å². The van der Waals surface area contributed by atoms with E-state index in [1.165, 1.54) is 13.8 Å². The van der Waals surface area contributed by atoms with Crippen LogP contribution in [-0.2, 0) is 29.3 Å². The Hall–Kier alpha value is -1.68. The molecule has 0 aromatic rings. The molecule has 4 N–H and O–H groups in total. The highest BCUT2D eigenvalue weighted by Crippen LogP contribution is 2.11. The molecule has 114 valence electrons. The second-order valence-corrected chi connectivity index (χ2v) is 8.09. The molecule has 2 amide bonds. The van der Waals surface area contributed by atoms with Crippen LogP contribution in [-0.4, -0.2) is 40.2 Å². The topological polar surface area (TPSA) is 154 Å². The first-order valence-electron chi connectivity index (χ1n) is 5.46. The summed E-state index contributed by atoms with van der Waals surface area (Å²) in [5.41, 5.74) is 9.84. The molecule has 0 aliphatic rings. The quantitative estimate of drug-likeness (QED) is 0.433. The summed E-state index contributed by atoms with van der Waals surface area (Å²) in [6, 6.07) is 0. The van der Waals surface area contributed by atoms with Crippen LogP contribution in [0.5, 0.6) is 0 Å². The first kappa shape index (κ1) is 18.3. The SMILES string of the molecule is CCS(=O)(=O)C(=CC=C(C(N)=O)S(=O)(=O)CC)C(N)=O. The first-order chi connectivity index (χ1) is 8.99. The fourth-order valence-corrected chi connectivity index (χ4v) is 2.93. The number of carbonyl (C=O) groups is 2. The van der Waals surface area contributed by atoms with Crippen molar-refractivity contribution in [2.45, 2.75) is 13.8 Å². The third kappa shape index (κ3) is 4.46. The fourth-order valence-electron chi connectivity index (χ4n) is 1.14. The maximum Gasteiger partial charge on any atom is 0.260 e. The second kappa shape index (κ2) is 6.66. The summed E-state index contributed by atoms with van der Waals surface area (Å²) in [6.45, 7) is 2.57. The zero-order valence-electron chi connectivity index (χ0n) is 11.0. The Morgan fingerprint density at radius 1 is 0.800 bits per heavy atom. The average molecular weight is 324 g/mol. The van der Waals surface area contributed by atoms with Gasteiger partial charge in [0.2, 0.25) is 0 Å². The Bertz CT molecular complexity index is 611. The standard InChI is InChI=1S/C10H16N2O6S2/c1-3-19(15,16)7(9(11)13)5-6-8(10(12)14)20(17,18)4-2/h5-6H,3-4H2,1-2H3,(H2,11,13)(H2,12,14). The van der Waals surface area contributed by atoms with Gasteiger partial charge in [0, 0.05) is 0 Å². The Morgan fingerprint density at radius 3 is 1.20 bits per heavy atom. The fraction of sp³-hybridized carbons (Fsp3) is 0.400. The predicted molar refractivity (Wildman–Crippen MR) is 73.5 cm³/mol. The molecule has 0 rings (SSSR count). The Kier molecular flexibility index (Phi) is 6.10. The van der Waals surface area contributed by atoms with Gasteiger partial charge in [-0.1, -0.05) is 13.8 Å². The molecule has 0 aromatic heterocycles. The van der Waals surface area contributed by atoms with Gasteiger partial charge >= 0.3 is 0 Å². The van der Waals surface area contributed by atoms with Gasteiger partial charge in [-0.2, -0.15) is 0 Å². The van der Waals surface area contributed by atoms with Crippen LogP contribution in [0.3, 0.4) is 0 Å². The Morgan fingerprint density at radius 2 is 1.05 bits per heavy atom. The lowest BCUT2D eigenvalue weighted by molar-refractivity contribution is -0.114. The van der Waals surface area contributed by atoms with Gasteiger partial charge in [0.05, 0.1) is 11.5 Å². The minimum absolute atomic E-state index is 0.401. The number of allylic oxidation sites excluding steroid dienone is 2. The summed E-state index contributed by atoms with van der Waals surface area (Å²) in [5, 5.41) is 0. The van der Waals surface area contributed by atoms with Crippen LogP contribution in [0.15, 0.2) is 22.0 Å². The van der Waals surface area contributed by atoms with E-state index in [-0.39, 0.29) is 0 Å². The van der Waals surface area contributed by atoms with E-state index in [0.717, 1.165) is 0 Å². The molecule has 0 aliphatic heterocycles. The number of carbonyl (C=O) groups excluding carboxylic acids is 2. The van der Waals surface area contributed by atoms with Gasteiger partial charge in [-0.05, 0) is 12.2 Å². The number of rotatable bonds is 7. The van der Waals surface area contributed by atoms with Crippen LogP contribution in [0, 0.1) is 0 Å². The van der Waals surface area contributed by atoms with Crippen molar-refractivity contribution in [3.8, 4) is 0 Å². The van der Waals surface area contributed by atoms with Crippen LogP contribution >= 0.6 is 0 Å². The van der Waals surface area contributed by atoms with Gasteiger partial charge in [-0.25, -0.2) is 16.8 Å². The van der Waals surface area contributed by atoms with Crippen LogP contribution < -0.4 is 11.5 Å². The van der Waals surface area contributed by atoms with Crippen molar-refractivity contribution in [2.24, 2.45) is 11.5 Å². The molecule has 0 atom stereocenters. The molecule has 0 saturated carbocycles. The molecule has 0 radical (unpaired) electrons. The van der Waals surface area contributed by atoms with Gasteiger partial charge in [-0.15, -0.1) is 0 Å². The molecule has 10 heteroatoms. The van der Waals surface area contributed by atoms with E-state index in [9.17, 15) is 26.4 Å². The molecule has 0 saturated heterocycles. The monoisotopic (exact) mass is 324 g/mol. The smallest absolute Gasteiger partial charge is 0.260 e. The third-order valence-corrected chi connectivity index (χ3v) is 5.84. The molecule has 20 heavy (non-hydrogen) atoms. The maximum atomic E-state index is 11.6. The average Bonchev–Trinajstić information content (AvgIpc) is 2.32. The highest BCUT2D eigenvalue weighted by atomic mass is 32.2. The number of hydrogen-bond acceptors (Lipinski definition) is 6. The number of nitrogens with two attached hydrogens (primary N) is 2. The van der Waals surface area contributed by atoms with Crippen molar-refractivity contribution in [3.05, 3.63) is 22.0 Å². The minimum atomic E-state index is -3.94. The van der Waals surface area contributed by atoms with E-state index >= 15 is 0 Å². The molecular formula is C10H16N2O6S2. The number of sulfone groups is 2. The summed E-state index contributed by atoms with van der Waals surface area (Å²) in [4.78, 5) is 20.6. The van der Waals surface area contributed by atoms with Crippen molar-refractivity contribution < 1.29 is 26.4 Å². The van der Waals surface area contributed by atoms with Crippen molar-refractivity contribution in [1.29, 1.82) is 0 Å². The first-order valence-corrected chi connectivity index (χ1v) is 8.77. The largest absolute Gasteiger partial charge is 0.365 e. The van der Waals surface area contributed by atoms with E-state index in [2.05, 4.69) is 0 Å². The number of primary amides is 2. The summed E-state index contributed by atoms with van der Waals surface area (Å²) in [6.07, 6.45) is 1.35. The number of amides is 2.